The van der Waals surface area contributed by atoms with Crippen molar-refractivity contribution in [1.82, 2.24) is 29.4 Å². The topological polar surface area (TPSA) is 19.4 Å². The summed E-state index contributed by atoms with van der Waals surface area (Å²) < 4.78 is 0. The zero-order chi connectivity index (χ0) is 25.7. The van der Waals surface area contributed by atoms with Crippen molar-refractivity contribution in [2.45, 2.75) is 60.0 Å². The van der Waals surface area contributed by atoms with Crippen molar-refractivity contribution in [3.05, 3.63) is 12.3 Å². The highest BCUT2D eigenvalue weighted by Gasteiger charge is 2.55. The molecule has 3 atom stereocenters. The summed E-state index contributed by atoms with van der Waals surface area (Å²) in [6, 6.07) is 1.48. The van der Waals surface area contributed by atoms with Gasteiger partial charge in [-0.2, -0.15) is 0 Å². The lowest BCUT2D eigenvalue weighted by Crippen LogP contribution is -2.47. The normalized spacial score (nSPS) is 33.1. The Morgan fingerprint density at radius 2 is 1.22 bits per heavy atom. The van der Waals surface area contributed by atoms with Gasteiger partial charge in [0.05, 0.1) is 0 Å². The number of piperazine rings is 2. The zero-order valence-corrected chi connectivity index (χ0v) is 24.6. The maximum Gasteiger partial charge on any atom is 0.0300 e. The van der Waals surface area contributed by atoms with Crippen molar-refractivity contribution < 1.29 is 0 Å². The standard InChI is InChI=1S/C16H29N3.C14H29N3/c1-4-5-17-6-8-18(9-7-17)10-14-15-11-19(13(2)3)12-16(14)15;1-4-15-7-9-16(10-8-15)11-14-5-6-17(12-14)13(2)3/h4-5,13-16H,6-12H2,1-3H3;13-14H,4-12H2,1-3H3/b5-4+;. The van der Waals surface area contributed by atoms with Crippen LogP contribution in [-0.4, -0.2) is 140 Å². The first-order valence-corrected chi connectivity index (χ1v) is 15.4. The Kier molecular flexibility index (Phi) is 10.6. The molecule has 3 unspecified atom stereocenters. The van der Waals surface area contributed by atoms with Crippen molar-refractivity contribution in [2.24, 2.45) is 23.7 Å². The molecule has 0 radical (unpaired) electrons. The van der Waals surface area contributed by atoms with Gasteiger partial charge in [0, 0.05) is 97.2 Å². The van der Waals surface area contributed by atoms with E-state index < -0.39 is 0 Å². The Morgan fingerprint density at radius 1 is 0.667 bits per heavy atom. The van der Waals surface area contributed by atoms with Crippen molar-refractivity contribution in [1.29, 1.82) is 0 Å². The molecule has 36 heavy (non-hydrogen) atoms. The summed E-state index contributed by atoms with van der Waals surface area (Å²) in [5.74, 6) is 3.99. The number of rotatable bonds is 8. The van der Waals surface area contributed by atoms with E-state index in [9.17, 15) is 0 Å². The van der Waals surface area contributed by atoms with E-state index in [4.69, 9.17) is 0 Å². The molecule has 6 nitrogen and oxygen atoms in total. The van der Waals surface area contributed by atoms with Crippen molar-refractivity contribution in [3.8, 4) is 0 Å². The monoisotopic (exact) mass is 502 g/mol. The molecule has 0 spiro atoms. The highest BCUT2D eigenvalue weighted by atomic mass is 15.3. The van der Waals surface area contributed by atoms with Crippen LogP contribution < -0.4 is 0 Å². The van der Waals surface area contributed by atoms with Gasteiger partial charge in [0.25, 0.3) is 0 Å². The van der Waals surface area contributed by atoms with Crippen molar-refractivity contribution in [2.75, 3.05) is 98.2 Å². The van der Waals surface area contributed by atoms with Crippen LogP contribution in [0.3, 0.4) is 0 Å². The number of nitrogens with zero attached hydrogens (tertiary/aromatic N) is 6. The van der Waals surface area contributed by atoms with Crippen molar-refractivity contribution >= 4 is 0 Å². The van der Waals surface area contributed by atoms with Crippen LogP contribution in [0.5, 0.6) is 0 Å². The highest BCUT2D eigenvalue weighted by molar-refractivity contribution is 5.06. The molecule has 1 saturated carbocycles. The largest absolute Gasteiger partial charge is 0.375 e. The third-order valence-electron chi connectivity index (χ3n) is 9.84. The van der Waals surface area contributed by atoms with E-state index in [-0.39, 0.29) is 0 Å². The smallest absolute Gasteiger partial charge is 0.0300 e. The van der Waals surface area contributed by atoms with Gasteiger partial charge in [-0.25, -0.2) is 0 Å². The van der Waals surface area contributed by atoms with Gasteiger partial charge < -0.3 is 24.5 Å². The average Bonchev–Trinajstić information content (AvgIpc) is 3.24. The quantitative estimate of drug-likeness (QED) is 0.505. The third kappa shape index (κ3) is 7.69. The molecule has 0 bridgehead atoms. The molecule has 5 aliphatic rings. The van der Waals surface area contributed by atoms with Crippen molar-refractivity contribution in [3.63, 3.8) is 0 Å². The number of fused-ring (bicyclic) bond motifs is 1. The highest BCUT2D eigenvalue weighted by Crippen LogP contribution is 2.52. The molecule has 0 aromatic rings. The van der Waals surface area contributed by atoms with E-state index in [0.29, 0.717) is 0 Å². The summed E-state index contributed by atoms with van der Waals surface area (Å²) in [6.45, 7) is 33.0. The van der Waals surface area contributed by atoms with Crippen LogP contribution in [0, 0.1) is 23.7 Å². The molecule has 208 valence electrons. The fraction of sp³-hybridized carbons (Fsp3) is 0.933. The molecular formula is C30H58N6. The summed E-state index contributed by atoms with van der Waals surface area (Å²) in [6.07, 6.45) is 5.80. The molecule has 0 aromatic carbocycles. The lowest BCUT2D eigenvalue weighted by molar-refractivity contribution is 0.121. The Bertz CT molecular complexity index is 652. The van der Waals surface area contributed by atoms with Crippen LogP contribution in [0.25, 0.3) is 0 Å². The number of likely N-dealkylation sites (tertiary alicyclic amines) is 2. The van der Waals surface area contributed by atoms with Gasteiger partial charge in [-0.05, 0) is 84.0 Å². The molecule has 4 saturated heterocycles. The van der Waals surface area contributed by atoms with E-state index in [1.54, 1.807) is 0 Å². The summed E-state index contributed by atoms with van der Waals surface area (Å²) in [4.78, 5) is 15.7. The van der Waals surface area contributed by atoms with Gasteiger partial charge in [0.1, 0.15) is 0 Å². The summed E-state index contributed by atoms with van der Waals surface area (Å²) >= 11 is 0. The summed E-state index contributed by atoms with van der Waals surface area (Å²) in [7, 11) is 0. The Morgan fingerprint density at radius 3 is 1.75 bits per heavy atom. The fourth-order valence-corrected chi connectivity index (χ4v) is 7.11. The van der Waals surface area contributed by atoms with E-state index >= 15 is 0 Å². The van der Waals surface area contributed by atoms with E-state index in [1.807, 2.05) is 0 Å². The zero-order valence-electron chi connectivity index (χ0n) is 24.6. The van der Waals surface area contributed by atoms with E-state index in [2.05, 4.69) is 83.2 Å². The predicted octanol–water partition coefficient (Wildman–Crippen LogP) is 3.08. The lowest BCUT2D eigenvalue weighted by atomic mass is 10.1. The fourth-order valence-electron chi connectivity index (χ4n) is 7.11. The SMILES string of the molecule is C/C=C/N1CCN(CC2C3CN(C(C)C)CC23)CC1.CCN1CCN(CC2CCN(C(C)C)C2)CC1. The molecule has 4 aliphatic heterocycles. The molecule has 0 amide bonds. The van der Waals surface area contributed by atoms with Gasteiger partial charge in [-0.1, -0.05) is 13.0 Å². The molecule has 6 heteroatoms. The van der Waals surface area contributed by atoms with Gasteiger partial charge in [-0.3, -0.25) is 4.90 Å². The number of piperidine rings is 1. The summed E-state index contributed by atoms with van der Waals surface area (Å²) in [5.41, 5.74) is 0. The van der Waals surface area contributed by atoms with E-state index in [0.717, 1.165) is 35.8 Å². The molecular weight excluding hydrogens is 444 g/mol. The van der Waals surface area contributed by atoms with Crippen LogP contribution >= 0.6 is 0 Å². The van der Waals surface area contributed by atoms with E-state index in [1.165, 1.54) is 105 Å². The number of hydrogen-bond acceptors (Lipinski definition) is 6. The lowest BCUT2D eigenvalue weighted by Gasteiger charge is -2.35. The minimum Gasteiger partial charge on any atom is -0.375 e. The first-order valence-electron chi connectivity index (χ1n) is 15.4. The second-order valence-corrected chi connectivity index (χ2v) is 12.8. The maximum atomic E-state index is 2.70. The van der Waals surface area contributed by atoms with Crippen LogP contribution in [0.1, 0.15) is 48.0 Å². The predicted molar refractivity (Wildman–Crippen MR) is 153 cm³/mol. The maximum absolute atomic E-state index is 2.70. The first-order chi connectivity index (χ1) is 17.4. The van der Waals surface area contributed by atoms with Gasteiger partial charge in [0.15, 0.2) is 0 Å². The Balaban J connectivity index is 0.000000170. The molecule has 4 heterocycles. The molecule has 1 aliphatic carbocycles. The Labute approximate surface area is 223 Å². The minimum absolute atomic E-state index is 0.733. The minimum atomic E-state index is 0.733. The van der Waals surface area contributed by atoms with Crippen LogP contribution in [-0.2, 0) is 0 Å². The second kappa shape index (κ2) is 13.4. The average molecular weight is 503 g/mol. The molecule has 0 aromatic heterocycles. The number of allylic oxidation sites excluding steroid dienone is 1. The van der Waals surface area contributed by atoms with Gasteiger partial charge in [0.2, 0.25) is 0 Å². The third-order valence-corrected chi connectivity index (χ3v) is 9.84. The number of hydrogen-bond donors (Lipinski definition) is 0. The molecule has 5 fully saturated rings. The van der Waals surface area contributed by atoms with Crippen LogP contribution in [0.2, 0.25) is 0 Å². The number of likely N-dealkylation sites (N-methyl/N-ethyl adjacent to an activating group) is 1. The van der Waals surface area contributed by atoms with Crippen LogP contribution in [0.4, 0.5) is 0 Å². The van der Waals surface area contributed by atoms with Gasteiger partial charge >= 0.3 is 0 Å². The first kappa shape index (κ1) is 28.4. The Hall–Kier alpha value is -0.660. The van der Waals surface area contributed by atoms with Gasteiger partial charge in [-0.15, -0.1) is 0 Å². The second-order valence-electron chi connectivity index (χ2n) is 12.8. The van der Waals surface area contributed by atoms with Crippen LogP contribution in [0.15, 0.2) is 12.3 Å². The molecule has 0 N–H and O–H groups in total. The molecule has 5 rings (SSSR count). The summed E-state index contributed by atoms with van der Waals surface area (Å²) in [5, 5.41) is 0.